The van der Waals surface area contributed by atoms with Crippen LogP contribution in [0.3, 0.4) is 0 Å². The molecule has 0 aliphatic heterocycles. The van der Waals surface area contributed by atoms with Gasteiger partial charge in [-0.1, -0.05) is 48.5 Å². The van der Waals surface area contributed by atoms with Gasteiger partial charge in [-0.2, -0.15) is 0 Å². The second-order valence-electron chi connectivity index (χ2n) is 6.70. The quantitative estimate of drug-likeness (QED) is 0.627. The van der Waals surface area contributed by atoms with E-state index in [2.05, 4.69) is 10.6 Å². The maximum Gasteiger partial charge on any atom is 0.338 e. The first-order valence-electron chi connectivity index (χ1n) is 9.26. The smallest absolute Gasteiger partial charge is 0.338 e. The lowest BCUT2D eigenvalue weighted by Gasteiger charge is -2.16. The normalized spacial score (nSPS) is 11.5. The lowest BCUT2D eigenvalue weighted by Crippen LogP contribution is -2.31. The van der Waals surface area contributed by atoms with Crippen LogP contribution in [0.1, 0.15) is 35.8 Å². The number of ether oxygens (including phenoxy) is 1. The maximum absolute atomic E-state index is 12.3. The summed E-state index contributed by atoms with van der Waals surface area (Å²) in [6.45, 7) is 2.88. The summed E-state index contributed by atoms with van der Waals surface area (Å²) in [5, 5.41) is 7.62. The third-order valence-corrected chi connectivity index (χ3v) is 4.42. The SMILES string of the molecule is CC(=O)Nc1cccc(C(=O)OCC(=O)N[C@@H](C)c2cccc3ccccc23)c1. The topological polar surface area (TPSA) is 84.5 Å². The fourth-order valence-corrected chi connectivity index (χ4v) is 3.13. The number of benzene rings is 3. The second kappa shape index (κ2) is 9.01. The van der Waals surface area contributed by atoms with Crippen molar-refractivity contribution in [2.75, 3.05) is 11.9 Å². The molecule has 0 saturated carbocycles. The Bertz CT molecular complexity index is 1060. The third-order valence-electron chi connectivity index (χ3n) is 4.42. The Labute approximate surface area is 168 Å². The van der Waals surface area contributed by atoms with E-state index in [1.165, 1.54) is 13.0 Å². The first-order chi connectivity index (χ1) is 13.9. The van der Waals surface area contributed by atoms with Crippen molar-refractivity contribution in [2.45, 2.75) is 19.9 Å². The van der Waals surface area contributed by atoms with Gasteiger partial charge in [-0.05, 0) is 41.5 Å². The van der Waals surface area contributed by atoms with Crippen molar-refractivity contribution in [1.29, 1.82) is 0 Å². The number of hydrogen-bond acceptors (Lipinski definition) is 4. The van der Waals surface area contributed by atoms with Crippen molar-refractivity contribution < 1.29 is 19.1 Å². The summed E-state index contributed by atoms with van der Waals surface area (Å²) >= 11 is 0. The van der Waals surface area contributed by atoms with Gasteiger partial charge in [-0.3, -0.25) is 9.59 Å². The van der Waals surface area contributed by atoms with E-state index in [1.54, 1.807) is 18.2 Å². The molecule has 0 bridgehead atoms. The van der Waals surface area contributed by atoms with E-state index in [1.807, 2.05) is 49.4 Å². The molecule has 0 spiro atoms. The molecule has 0 aliphatic carbocycles. The van der Waals surface area contributed by atoms with Crippen molar-refractivity contribution in [3.8, 4) is 0 Å². The molecular formula is C23H22N2O4. The Morgan fingerprint density at radius 2 is 1.69 bits per heavy atom. The minimum Gasteiger partial charge on any atom is -0.452 e. The highest BCUT2D eigenvalue weighted by Gasteiger charge is 2.15. The van der Waals surface area contributed by atoms with Gasteiger partial charge in [0.05, 0.1) is 11.6 Å². The number of fused-ring (bicyclic) bond motifs is 1. The van der Waals surface area contributed by atoms with Gasteiger partial charge in [-0.25, -0.2) is 4.79 Å². The highest BCUT2D eigenvalue weighted by Crippen LogP contribution is 2.24. The Morgan fingerprint density at radius 3 is 2.48 bits per heavy atom. The van der Waals surface area contributed by atoms with Crippen molar-refractivity contribution in [3.63, 3.8) is 0 Å². The summed E-state index contributed by atoms with van der Waals surface area (Å²) in [6, 6.07) is 20.0. The van der Waals surface area contributed by atoms with Gasteiger partial charge in [-0.15, -0.1) is 0 Å². The Kier molecular flexibility index (Phi) is 6.24. The second-order valence-corrected chi connectivity index (χ2v) is 6.70. The van der Waals surface area contributed by atoms with E-state index >= 15 is 0 Å². The molecule has 0 aromatic heterocycles. The molecule has 0 fully saturated rings. The lowest BCUT2D eigenvalue weighted by atomic mass is 10.00. The van der Waals surface area contributed by atoms with Gasteiger partial charge < -0.3 is 15.4 Å². The summed E-state index contributed by atoms with van der Waals surface area (Å²) in [7, 11) is 0. The first kappa shape index (κ1) is 20.1. The average molecular weight is 390 g/mol. The predicted molar refractivity (Wildman–Crippen MR) is 112 cm³/mol. The summed E-state index contributed by atoms with van der Waals surface area (Å²) in [6.07, 6.45) is 0. The Balaban J connectivity index is 1.59. The van der Waals surface area contributed by atoms with Crippen LogP contribution >= 0.6 is 0 Å². The zero-order valence-electron chi connectivity index (χ0n) is 16.3. The van der Waals surface area contributed by atoms with Gasteiger partial charge in [0, 0.05) is 12.6 Å². The molecule has 0 aliphatic rings. The van der Waals surface area contributed by atoms with Crippen molar-refractivity contribution >= 4 is 34.2 Å². The number of carbonyl (C=O) groups excluding carboxylic acids is 3. The van der Waals surface area contributed by atoms with Crippen LogP contribution in [-0.4, -0.2) is 24.4 Å². The molecule has 3 aromatic rings. The molecule has 148 valence electrons. The zero-order valence-corrected chi connectivity index (χ0v) is 16.3. The molecule has 0 unspecified atom stereocenters. The van der Waals surface area contributed by atoms with Crippen LogP contribution in [0.25, 0.3) is 10.8 Å². The van der Waals surface area contributed by atoms with Crippen LogP contribution in [-0.2, 0) is 14.3 Å². The van der Waals surface area contributed by atoms with Crippen LogP contribution in [0, 0.1) is 0 Å². The zero-order chi connectivity index (χ0) is 20.8. The monoisotopic (exact) mass is 390 g/mol. The number of nitrogens with one attached hydrogen (secondary N) is 2. The van der Waals surface area contributed by atoms with Crippen LogP contribution < -0.4 is 10.6 Å². The summed E-state index contributed by atoms with van der Waals surface area (Å²) in [5.74, 6) is -1.26. The lowest BCUT2D eigenvalue weighted by molar-refractivity contribution is -0.124. The van der Waals surface area contributed by atoms with Crippen LogP contribution in [0.15, 0.2) is 66.7 Å². The molecule has 2 amide bonds. The van der Waals surface area contributed by atoms with E-state index in [9.17, 15) is 14.4 Å². The van der Waals surface area contributed by atoms with Crippen LogP contribution in [0.4, 0.5) is 5.69 Å². The van der Waals surface area contributed by atoms with Crippen LogP contribution in [0.2, 0.25) is 0 Å². The Hall–Kier alpha value is -3.67. The molecular weight excluding hydrogens is 368 g/mol. The van der Waals surface area contributed by atoms with E-state index in [-0.39, 0.29) is 17.5 Å². The van der Waals surface area contributed by atoms with Gasteiger partial charge in [0.15, 0.2) is 6.61 Å². The predicted octanol–water partition coefficient (Wildman–Crippen LogP) is 3.83. The fraction of sp³-hybridized carbons (Fsp3) is 0.174. The average Bonchev–Trinajstić information content (AvgIpc) is 2.71. The maximum atomic E-state index is 12.3. The molecule has 2 N–H and O–H groups in total. The molecule has 0 saturated heterocycles. The third kappa shape index (κ3) is 5.19. The van der Waals surface area contributed by atoms with Gasteiger partial charge in [0.25, 0.3) is 5.91 Å². The van der Waals surface area contributed by atoms with E-state index < -0.39 is 18.5 Å². The molecule has 1 atom stereocenters. The molecule has 6 nitrogen and oxygen atoms in total. The van der Waals surface area contributed by atoms with E-state index in [0.717, 1.165) is 16.3 Å². The van der Waals surface area contributed by atoms with Gasteiger partial charge in [0.2, 0.25) is 5.91 Å². The summed E-state index contributed by atoms with van der Waals surface area (Å²) in [5.41, 5.74) is 1.73. The standard InChI is InChI=1S/C23H22N2O4/c1-15(20-12-6-8-17-7-3-4-11-21(17)20)24-22(27)14-29-23(28)18-9-5-10-19(13-18)25-16(2)26/h3-13,15H,14H2,1-2H3,(H,24,27)(H,25,26)/t15-/m0/s1. The molecule has 0 radical (unpaired) electrons. The number of anilines is 1. The summed E-state index contributed by atoms with van der Waals surface area (Å²) < 4.78 is 5.11. The van der Waals surface area contributed by atoms with Gasteiger partial charge >= 0.3 is 5.97 Å². The molecule has 0 heterocycles. The van der Waals surface area contributed by atoms with E-state index in [4.69, 9.17) is 4.74 Å². The Morgan fingerprint density at radius 1 is 0.966 bits per heavy atom. The number of rotatable bonds is 6. The summed E-state index contributed by atoms with van der Waals surface area (Å²) in [4.78, 5) is 35.6. The fourth-order valence-electron chi connectivity index (χ4n) is 3.13. The number of esters is 1. The van der Waals surface area contributed by atoms with Crippen molar-refractivity contribution in [1.82, 2.24) is 5.32 Å². The number of amides is 2. The van der Waals surface area contributed by atoms with E-state index in [0.29, 0.717) is 5.69 Å². The first-order valence-corrected chi connectivity index (χ1v) is 9.26. The van der Waals surface area contributed by atoms with Gasteiger partial charge in [0.1, 0.15) is 0 Å². The molecule has 3 rings (SSSR count). The molecule has 6 heteroatoms. The van der Waals surface area contributed by atoms with Crippen molar-refractivity contribution in [2.24, 2.45) is 0 Å². The molecule has 29 heavy (non-hydrogen) atoms. The number of hydrogen-bond donors (Lipinski definition) is 2. The highest BCUT2D eigenvalue weighted by atomic mass is 16.5. The minimum atomic E-state index is -0.634. The van der Waals surface area contributed by atoms with Crippen molar-refractivity contribution in [3.05, 3.63) is 77.9 Å². The highest BCUT2D eigenvalue weighted by molar-refractivity contribution is 5.94. The minimum absolute atomic E-state index is 0.239. The largest absolute Gasteiger partial charge is 0.452 e. The number of carbonyl (C=O) groups is 3. The van der Waals surface area contributed by atoms with Crippen LogP contribution in [0.5, 0.6) is 0 Å². The molecule has 3 aromatic carbocycles.